The van der Waals surface area contributed by atoms with Crippen LogP contribution in [0.4, 0.5) is 5.69 Å². The van der Waals surface area contributed by atoms with Gasteiger partial charge in [-0.25, -0.2) is 0 Å². The van der Waals surface area contributed by atoms with Crippen LogP contribution in [0.3, 0.4) is 0 Å². The van der Waals surface area contributed by atoms with Crippen LogP contribution in [0.25, 0.3) is 10.9 Å². The molecule has 0 radical (unpaired) electrons. The van der Waals surface area contributed by atoms with Gasteiger partial charge < -0.3 is 20.8 Å². The zero-order valence-electron chi connectivity index (χ0n) is 10.6. The van der Waals surface area contributed by atoms with Gasteiger partial charge in [-0.1, -0.05) is 0 Å². The molecule has 1 saturated heterocycles. The number of anilines is 1. The van der Waals surface area contributed by atoms with E-state index in [1.807, 2.05) is 30.5 Å². The van der Waals surface area contributed by atoms with Crippen molar-refractivity contribution in [2.75, 3.05) is 11.9 Å². The SMILES string of the molecule is NC[C@H]1CC[C@@H](C(=O)Nc2ccc3[nH]ccc3c2)O1. The molecular formula is C14H17N3O2. The summed E-state index contributed by atoms with van der Waals surface area (Å²) in [7, 11) is 0. The van der Waals surface area contributed by atoms with Crippen molar-refractivity contribution in [2.45, 2.75) is 25.0 Å². The van der Waals surface area contributed by atoms with Crippen molar-refractivity contribution in [1.29, 1.82) is 0 Å². The third kappa shape index (κ3) is 2.47. The minimum absolute atomic E-state index is 0.0166. The minimum Gasteiger partial charge on any atom is -0.364 e. The number of fused-ring (bicyclic) bond motifs is 1. The number of benzene rings is 1. The molecule has 3 rings (SSSR count). The highest BCUT2D eigenvalue weighted by molar-refractivity contribution is 5.96. The molecule has 2 atom stereocenters. The van der Waals surface area contributed by atoms with Crippen LogP contribution < -0.4 is 11.1 Å². The number of ether oxygens (including phenoxy) is 1. The third-order valence-electron chi connectivity index (χ3n) is 3.48. The summed E-state index contributed by atoms with van der Waals surface area (Å²) in [6.45, 7) is 0.471. The first-order chi connectivity index (χ1) is 9.26. The highest BCUT2D eigenvalue weighted by atomic mass is 16.5. The van der Waals surface area contributed by atoms with Crippen molar-refractivity contribution in [1.82, 2.24) is 4.98 Å². The van der Waals surface area contributed by atoms with Crippen molar-refractivity contribution < 1.29 is 9.53 Å². The zero-order valence-corrected chi connectivity index (χ0v) is 10.6. The summed E-state index contributed by atoms with van der Waals surface area (Å²) in [5.41, 5.74) is 7.38. The quantitative estimate of drug-likeness (QED) is 0.783. The molecule has 1 aliphatic rings. The number of aromatic nitrogens is 1. The number of hydrogen-bond donors (Lipinski definition) is 3. The molecular weight excluding hydrogens is 242 g/mol. The van der Waals surface area contributed by atoms with Crippen molar-refractivity contribution >= 4 is 22.5 Å². The van der Waals surface area contributed by atoms with Crippen LogP contribution >= 0.6 is 0 Å². The largest absolute Gasteiger partial charge is 0.364 e. The lowest BCUT2D eigenvalue weighted by atomic mass is 10.2. The van der Waals surface area contributed by atoms with Crippen LogP contribution in [-0.4, -0.2) is 29.6 Å². The molecule has 0 spiro atoms. The molecule has 0 saturated carbocycles. The lowest BCUT2D eigenvalue weighted by Gasteiger charge is -2.12. The topological polar surface area (TPSA) is 80.1 Å². The molecule has 0 aliphatic carbocycles. The lowest BCUT2D eigenvalue weighted by Crippen LogP contribution is -2.29. The monoisotopic (exact) mass is 259 g/mol. The van der Waals surface area contributed by atoms with Crippen LogP contribution in [-0.2, 0) is 9.53 Å². The van der Waals surface area contributed by atoms with Gasteiger partial charge in [0.1, 0.15) is 6.10 Å². The van der Waals surface area contributed by atoms with Crippen molar-refractivity contribution in [3.8, 4) is 0 Å². The smallest absolute Gasteiger partial charge is 0.253 e. The van der Waals surface area contributed by atoms with E-state index in [1.54, 1.807) is 0 Å². The zero-order chi connectivity index (χ0) is 13.2. The molecule has 0 bridgehead atoms. The maximum Gasteiger partial charge on any atom is 0.253 e. The first-order valence-electron chi connectivity index (χ1n) is 6.50. The Bertz CT molecular complexity index is 593. The molecule has 1 aromatic heterocycles. The summed E-state index contributed by atoms with van der Waals surface area (Å²) >= 11 is 0. The molecule has 5 heteroatoms. The average molecular weight is 259 g/mol. The highest BCUT2D eigenvalue weighted by Gasteiger charge is 2.29. The second-order valence-electron chi connectivity index (χ2n) is 4.83. The number of aromatic amines is 1. The standard InChI is InChI=1S/C14H17N3O2/c15-8-11-2-4-13(19-11)14(18)17-10-1-3-12-9(7-10)5-6-16-12/h1,3,5-7,11,13,16H,2,4,8,15H2,(H,17,18)/t11-,13+/m1/s1. The number of carbonyl (C=O) groups is 1. The van der Waals surface area contributed by atoms with Gasteiger partial charge in [0.05, 0.1) is 6.10 Å². The molecule has 1 amide bonds. The Morgan fingerprint density at radius 1 is 1.42 bits per heavy atom. The van der Waals surface area contributed by atoms with Gasteiger partial charge in [0.25, 0.3) is 5.91 Å². The maximum absolute atomic E-state index is 12.1. The van der Waals surface area contributed by atoms with Gasteiger partial charge >= 0.3 is 0 Å². The van der Waals surface area contributed by atoms with E-state index in [1.165, 1.54) is 0 Å². The molecule has 1 fully saturated rings. The van der Waals surface area contributed by atoms with Gasteiger partial charge in [-0.05, 0) is 37.1 Å². The Labute approximate surface area is 111 Å². The Hall–Kier alpha value is -1.85. The van der Waals surface area contributed by atoms with Crippen molar-refractivity contribution in [3.05, 3.63) is 30.5 Å². The molecule has 1 aliphatic heterocycles. The van der Waals surface area contributed by atoms with Gasteiger partial charge in [-0.2, -0.15) is 0 Å². The molecule has 1 aromatic carbocycles. The molecule has 4 N–H and O–H groups in total. The van der Waals surface area contributed by atoms with Gasteiger partial charge in [0.2, 0.25) is 0 Å². The van der Waals surface area contributed by atoms with Crippen LogP contribution in [0.5, 0.6) is 0 Å². The minimum atomic E-state index is -0.379. The van der Waals surface area contributed by atoms with E-state index in [9.17, 15) is 4.79 Å². The van der Waals surface area contributed by atoms with Crippen LogP contribution in [0, 0.1) is 0 Å². The van der Waals surface area contributed by atoms with Gasteiger partial charge in [0.15, 0.2) is 0 Å². The van der Waals surface area contributed by atoms with E-state index in [2.05, 4.69) is 10.3 Å². The molecule has 100 valence electrons. The number of nitrogens with two attached hydrogens (primary N) is 1. The number of rotatable bonds is 3. The number of H-pyrrole nitrogens is 1. The van der Waals surface area contributed by atoms with E-state index in [0.29, 0.717) is 6.54 Å². The normalized spacial score (nSPS) is 22.8. The van der Waals surface area contributed by atoms with Crippen molar-refractivity contribution in [2.24, 2.45) is 5.73 Å². The summed E-state index contributed by atoms with van der Waals surface area (Å²) in [5.74, 6) is -0.0918. The molecule has 2 heterocycles. The van der Waals surface area contributed by atoms with Crippen LogP contribution in [0.2, 0.25) is 0 Å². The fourth-order valence-corrected chi connectivity index (χ4v) is 2.43. The summed E-state index contributed by atoms with van der Waals surface area (Å²) < 4.78 is 5.57. The number of nitrogens with one attached hydrogen (secondary N) is 2. The Morgan fingerprint density at radius 2 is 2.32 bits per heavy atom. The summed E-state index contributed by atoms with van der Waals surface area (Å²) in [6, 6.07) is 7.75. The van der Waals surface area contributed by atoms with E-state index in [-0.39, 0.29) is 18.1 Å². The second kappa shape index (κ2) is 5.03. The summed E-state index contributed by atoms with van der Waals surface area (Å²) in [5, 5.41) is 3.97. The van der Waals surface area contributed by atoms with E-state index < -0.39 is 0 Å². The summed E-state index contributed by atoms with van der Waals surface area (Å²) in [6.07, 6.45) is 3.10. The first-order valence-corrected chi connectivity index (χ1v) is 6.50. The van der Waals surface area contributed by atoms with Gasteiger partial charge in [-0.15, -0.1) is 0 Å². The number of amides is 1. The first kappa shape index (κ1) is 12.2. The molecule has 5 nitrogen and oxygen atoms in total. The molecule has 2 aromatic rings. The Morgan fingerprint density at radius 3 is 3.11 bits per heavy atom. The Balaban J connectivity index is 1.68. The fourth-order valence-electron chi connectivity index (χ4n) is 2.43. The fraction of sp³-hybridized carbons (Fsp3) is 0.357. The van der Waals surface area contributed by atoms with Gasteiger partial charge in [-0.3, -0.25) is 4.79 Å². The highest BCUT2D eigenvalue weighted by Crippen LogP contribution is 2.22. The lowest BCUT2D eigenvalue weighted by molar-refractivity contribution is -0.126. The van der Waals surface area contributed by atoms with Crippen molar-refractivity contribution in [3.63, 3.8) is 0 Å². The maximum atomic E-state index is 12.1. The molecule has 19 heavy (non-hydrogen) atoms. The van der Waals surface area contributed by atoms with E-state index >= 15 is 0 Å². The predicted octanol–water partition coefficient (Wildman–Crippen LogP) is 1.61. The van der Waals surface area contributed by atoms with E-state index in [0.717, 1.165) is 29.4 Å². The Kier molecular flexibility index (Phi) is 3.23. The number of hydrogen-bond acceptors (Lipinski definition) is 3. The van der Waals surface area contributed by atoms with Crippen LogP contribution in [0.15, 0.2) is 30.5 Å². The summed E-state index contributed by atoms with van der Waals surface area (Å²) in [4.78, 5) is 15.2. The van der Waals surface area contributed by atoms with Crippen LogP contribution in [0.1, 0.15) is 12.8 Å². The van der Waals surface area contributed by atoms with Gasteiger partial charge in [0, 0.05) is 29.3 Å². The average Bonchev–Trinajstić information content (AvgIpc) is 3.06. The second-order valence-corrected chi connectivity index (χ2v) is 4.83. The molecule has 0 unspecified atom stereocenters. The third-order valence-corrected chi connectivity index (χ3v) is 3.48. The van der Waals surface area contributed by atoms with E-state index in [4.69, 9.17) is 10.5 Å². The predicted molar refractivity (Wildman–Crippen MR) is 73.9 cm³/mol. The number of carbonyl (C=O) groups excluding carboxylic acids is 1.